The molecule has 1 atom stereocenters. The molecular weight excluding hydrogens is 374 g/mol. The highest BCUT2D eigenvalue weighted by molar-refractivity contribution is 6.20. The van der Waals surface area contributed by atoms with Gasteiger partial charge in [0.25, 0.3) is 0 Å². The first kappa shape index (κ1) is 36.6. The van der Waals surface area contributed by atoms with Gasteiger partial charge in [-0.2, -0.15) is 0 Å². The third kappa shape index (κ3) is 73.7. The third-order valence-electron chi connectivity index (χ3n) is 3.78. The molecule has 0 rings (SSSR count). The van der Waals surface area contributed by atoms with Gasteiger partial charge >= 0.3 is 0 Å². The summed E-state index contributed by atoms with van der Waals surface area (Å²) in [5.41, 5.74) is 0.500. The molecule has 0 bridgehead atoms. The van der Waals surface area contributed by atoms with Crippen molar-refractivity contribution in [1.29, 1.82) is 0 Å². The summed E-state index contributed by atoms with van der Waals surface area (Å²) in [5.74, 6) is 0.904. The van der Waals surface area contributed by atoms with Gasteiger partial charge in [0.2, 0.25) is 0 Å². The van der Waals surface area contributed by atoms with E-state index in [4.69, 9.17) is 11.6 Å². The second kappa shape index (κ2) is 28.2. The van der Waals surface area contributed by atoms with Crippen LogP contribution in [0.25, 0.3) is 0 Å². The van der Waals surface area contributed by atoms with Crippen LogP contribution in [0.2, 0.25) is 0 Å². The Bertz CT molecular complexity index is 244. The van der Waals surface area contributed by atoms with Crippen molar-refractivity contribution in [1.82, 2.24) is 4.90 Å². The topological polar surface area (TPSA) is 3.24 Å². The molecule has 0 aromatic heterocycles. The smallest absolute Gasteiger partial charge is 0.0307 e. The zero-order chi connectivity index (χ0) is 23.7. The van der Waals surface area contributed by atoms with Crippen molar-refractivity contribution in [2.24, 2.45) is 11.3 Å². The highest BCUT2D eigenvalue weighted by atomic mass is 35.5. The summed E-state index contributed by atoms with van der Waals surface area (Å²) in [6.07, 6.45) is 13.4. The number of alkyl halides is 1. The van der Waals surface area contributed by atoms with Crippen LogP contribution in [0, 0.1) is 11.3 Å². The molecule has 182 valence electrons. The van der Waals surface area contributed by atoms with E-state index in [1.165, 1.54) is 70.9 Å². The minimum Gasteiger partial charge on any atom is -0.306 e. The Kier molecular flexibility index (Phi) is 35.7. The van der Waals surface area contributed by atoms with Crippen molar-refractivity contribution in [2.45, 2.75) is 146 Å². The van der Waals surface area contributed by atoms with Crippen LogP contribution in [0.4, 0.5) is 0 Å². The van der Waals surface area contributed by atoms with Gasteiger partial charge in [-0.3, -0.25) is 0 Å². The molecule has 0 radical (unpaired) electrons. The van der Waals surface area contributed by atoms with Crippen LogP contribution in [0.1, 0.15) is 140 Å². The standard InChI is InChI=1S/C10H22.C7H17N.C5H11Cl.C5H12/c1-4-5-6-7-8-9-10(2)3;1-4-6-8(3)7-5-2;1-3-4-5(2)6;1-5(2,3)4/h10H,4-9H2,1-3H3;4-7H2,1-3H3;5H,3-4H2,1-2H3;1-4H3. The predicted octanol–water partition coefficient (Wildman–Crippen LogP) is 10.2. The summed E-state index contributed by atoms with van der Waals surface area (Å²) >= 11 is 5.58. The summed E-state index contributed by atoms with van der Waals surface area (Å²) in [4.78, 5) is 2.36. The first-order chi connectivity index (χ1) is 13.3. The molecular formula is C27H62ClN. The Balaban J connectivity index is -0.000000149. The van der Waals surface area contributed by atoms with Gasteiger partial charge in [0.1, 0.15) is 0 Å². The summed E-state index contributed by atoms with van der Waals surface area (Å²) in [5, 5.41) is 0.370. The fraction of sp³-hybridized carbons (Fsp3) is 1.00. The average molecular weight is 436 g/mol. The molecule has 0 N–H and O–H groups in total. The number of hydrogen-bond acceptors (Lipinski definition) is 1. The van der Waals surface area contributed by atoms with E-state index < -0.39 is 0 Å². The van der Waals surface area contributed by atoms with Crippen LogP contribution in [-0.4, -0.2) is 30.4 Å². The zero-order valence-corrected chi connectivity index (χ0v) is 23.7. The van der Waals surface area contributed by atoms with Crippen molar-refractivity contribution in [3.63, 3.8) is 0 Å². The van der Waals surface area contributed by atoms with Crippen LogP contribution >= 0.6 is 11.6 Å². The maximum Gasteiger partial charge on any atom is 0.0307 e. The van der Waals surface area contributed by atoms with Gasteiger partial charge in [-0.15, -0.1) is 11.6 Å². The largest absolute Gasteiger partial charge is 0.306 e. The van der Waals surface area contributed by atoms with E-state index >= 15 is 0 Å². The monoisotopic (exact) mass is 435 g/mol. The van der Waals surface area contributed by atoms with E-state index in [0.717, 1.165) is 12.3 Å². The first-order valence-electron chi connectivity index (χ1n) is 12.7. The molecule has 0 aliphatic carbocycles. The van der Waals surface area contributed by atoms with Crippen LogP contribution in [0.5, 0.6) is 0 Å². The lowest BCUT2D eigenvalue weighted by atomic mass is 10.0. The second-order valence-electron chi connectivity index (χ2n) is 10.5. The van der Waals surface area contributed by atoms with Crippen LogP contribution in [0.3, 0.4) is 0 Å². The van der Waals surface area contributed by atoms with Gasteiger partial charge in [-0.25, -0.2) is 0 Å². The fourth-order valence-corrected chi connectivity index (χ4v) is 2.65. The van der Waals surface area contributed by atoms with E-state index in [9.17, 15) is 0 Å². The van der Waals surface area contributed by atoms with E-state index in [1.807, 2.05) is 6.92 Å². The lowest BCUT2D eigenvalue weighted by Crippen LogP contribution is -2.19. The molecule has 0 spiro atoms. The molecule has 0 aliphatic rings. The molecule has 1 nitrogen and oxygen atoms in total. The first-order valence-corrected chi connectivity index (χ1v) is 13.1. The number of halogens is 1. The van der Waals surface area contributed by atoms with Crippen LogP contribution in [0.15, 0.2) is 0 Å². The second-order valence-corrected chi connectivity index (χ2v) is 11.2. The Morgan fingerprint density at radius 1 is 0.655 bits per heavy atom. The highest BCUT2D eigenvalue weighted by Crippen LogP contribution is 2.10. The summed E-state index contributed by atoms with van der Waals surface area (Å²) in [7, 11) is 2.17. The summed E-state index contributed by atoms with van der Waals surface area (Å²) in [6.45, 7) is 26.7. The normalized spacial score (nSPS) is 11.7. The number of unbranched alkanes of at least 4 members (excludes halogenated alkanes) is 4. The van der Waals surface area contributed by atoms with Crippen molar-refractivity contribution in [3.8, 4) is 0 Å². The lowest BCUT2D eigenvalue weighted by Gasteiger charge is -2.12. The van der Waals surface area contributed by atoms with Gasteiger partial charge in [-0.05, 0) is 57.7 Å². The Morgan fingerprint density at radius 3 is 1.31 bits per heavy atom. The van der Waals surface area contributed by atoms with Crippen LogP contribution in [-0.2, 0) is 0 Å². The number of hydrogen-bond donors (Lipinski definition) is 0. The van der Waals surface area contributed by atoms with E-state index in [0.29, 0.717) is 10.8 Å². The van der Waals surface area contributed by atoms with Crippen molar-refractivity contribution in [3.05, 3.63) is 0 Å². The highest BCUT2D eigenvalue weighted by Gasteiger charge is 1.95. The number of nitrogens with zero attached hydrogens (tertiary/aromatic N) is 1. The molecule has 0 aromatic rings. The van der Waals surface area contributed by atoms with Crippen molar-refractivity contribution >= 4 is 11.6 Å². The molecule has 0 fully saturated rings. The lowest BCUT2D eigenvalue weighted by molar-refractivity contribution is 0.335. The molecule has 0 amide bonds. The minimum atomic E-state index is 0.370. The third-order valence-corrected chi connectivity index (χ3v) is 4.00. The maximum absolute atomic E-state index is 5.58. The van der Waals surface area contributed by atoms with E-state index in [-0.39, 0.29) is 0 Å². The van der Waals surface area contributed by atoms with Gasteiger partial charge in [0, 0.05) is 5.38 Å². The van der Waals surface area contributed by atoms with Crippen LogP contribution < -0.4 is 0 Å². The van der Waals surface area contributed by atoms with Crippen molar-refractivity contribution < 1.29 is 0 Å². The number of rotatable bonds is 12. The van der Waals surface area contributed by atoms with Gasteiger partial charge in [-0.1, -0.05) is 114 Å². The van der Waals surface area contributed by atoms with E-state index in [2.05, 4.69) is 81.2 Å². The molecule has 0 saturated carbocycles. The van der Waals surface area contributed by atoms with E-state index in [1.54, 1.807) is 0 Å². The molecule has 0 heterocycles. The molecule has 1 unspecified atom stereocenters. The van der Waals surface area contributed by atoms with Gasteiger partial charge in [0.15, 0.2) is 0 Å². The molecule has 0 aliphatic heterocycles. The Morgan fingerprint density at radius 2 is 1.07 bits per heavy atom. The van der Waals surface area contributed by atoms with Crippen molar-refractivity contribution in [2.75, 3.05) is 20.1 Å². The summed E-state index contributed by atoms with van der Waals surface area (Å²) < 4.78 is 0. The summed E-state index contributed by atoms with van der Waals surface area (Å²) in [6, 6.07) is 0. The predicted molar refractivity (Wildman–Crippen MR) is 142 cm³/mol. The molecule has 0 saturated heterocycles. The van der Waals surface area contributed by atoms with Gasteiger partial charge in [0.05, 0.1) is 0 Å². The molecule has 2 heteroatoms. The average Bonchev–Trinajstić information content (AvgIpc) is 2.54. The Hall–Kier alpha value is 0.250. The SMILES string of the molecule is CC(C)(C)C.CCCC(C)Cl.CCCCCCCC(C)C.CCCN(C)CCC. The molecule has 0 aromatic carbocycles. The molecule has 29 heavy (non-hydrogen) atoms. The quantitative estimate of drug-likeness (QED) is 0.217. The fourth-order valence-electron chi connectivity index (χ4n) is 2.43. The Labute approximate surface area is 193 Å². The van der Waals surface area contributed by atoms with Gasteiger partial charge < -0.3 is 4.90 Å². The minimum absolute atomic E-state index is 0.370. The maximum atomic E-state index is 5.58. The zero-order valence-electron chi connectivity index (χ0n) is 23.0.